The molecule has 154 valence electrons. The third-order valence-electron chi connectivity index (χ3n) is 5.54. The van der Waals surface area contributed by atoms with Crippen molar-refractivity contribution in [3.8, 4) is 17.0 Å². The molecule has 2 heterocycles. The van der Waals surface area contributed by atoms with E-state index in [9.17, 15) is 4.79 Å². The van der Waals surface area contributed by atoms with Crippen LogP contribution in [0.25, 0.3) is 11.3 Å². The minimum atomic E-state index is -0.0315. The van der Waals surface area contributed by atoms with Crippen LogP contribution in [0.4, 0.5) is 5.69 Å². The average molecular weight is 427 g/mol. The smallest absolute Gasteiger partial charge is 0.265 e. The number of nitrogens with zero attached hydrogens (tertiary/aromatic N) is 2. The second-order valence-electron chi connectivity index (χ2n) is 7.67. The van der Waals surface area contributed by atoms with Crippen LogP contribution < -0.4 is 9.64 Å². The number of hydrogen-bond acceptors (Lipinski definition) is 4. The second kappa shape index (κ2) is 8.36. The number of benzene rings is 3. The van der Waals surface area contributed by atoms with E-state index in [1.807, 2.05) is 53.4 Å². The highest BCUT2D eigenvalue weighted by Crippen LogP contribution is 2.37. The number of carbonyl (C=O) groups is 1. The molecule has 1 aliphatic heterocycles. The van der Waals surface area contributed by atoms with E-state index < -0.39 is 0 Å². The Labute approximate surface area is 185 Å². The molecule has 5 heteroatoms. The summed E-state index contributed by atoms with van der Waals surface area (Å²) in [5, 5.41) is 3.15. The first-order chi connectivity index (χ1) is 15.2. The quantitative estimate of drug-likeness (QED) is 0.415. The monoisotopic (exact) mass is 426 g/mol. The molecule has 0 atom stereocenters. The summed E-state index contributed by atoms with van der Waals surface area (Å²) in [5.41, 5.74) is 6.26. The molecular weight excluding hydrogens is 404 g/mol. The zero-order valence-electron chi connectivity index (χ0n) is 17.2. The van der Waals surface area contributed by atoms with Crippen molar-refractivity contribution in [3.05, 3.63) is 99.9 Å². The van der Waals surface area contributed by atoms with Gasteiger partial charge in [-0.1, -0.05) is 54.6 Å². The first-order valence-corrected chi connectivity index (χ1v) is 11.2. The molecule has 0 radical (unpaired) electrons. The molecular formula is C26H22N2O2S. The number of anilines is 1. The number of aryl methyl sites for hydroxylation is 1. The third-order valence-corrected chi connectivity index (χ3v) is 6.39. The maximum absolute atomic E-state index is 12.7. The van der Waals surface area contributed by atoms with Crippen LogP contribution in [0.3, 0.4) is 0 Å². The van der Waals surface area contributed by atoms with E-state index in [0.717, 1.165) is 39.7 Å². The lowest BCUT2D eigenvalue weighted by molar-refractivity contribution is -0.121. The number of rotatable bonds is 5. The number of hydrogen-bond donors (Lipinski definition) is 0. The van der Waals surface area contributed by atoms with Gasteiger partial charge in [0.2, 0.25) is 0 Å². The van der Waals surface area contributed by atoms with Crippen LogP contribution in [0.15, 0.2) is 78.2 Å². The van der Waals surface area contributed by atoms with E-state index >= 15 is 0 Å². The van der Waals surface area contributed by atoms with Crippen molar-refractivity contribution >= 4 is 22.9 Å². The van der Waals surface area contributed by atoms with Gasteiger partial charge >= 0.3 is 0 Å². The molecule has 4 aromatic rings. The SMILES string of the molecule is Cc1ccccc1CN1C(=O)COc2ccc(-c3csc(Cc4ccccc4)n3)cc21. The topological polar surface area (TPSA) is 42.4 Å². The molecule has 0 saturated heterocycles. The molecule has 1 aromatic heterocycles. The highest BCUT2D eigenvalue weighted by Gasteiger charge is 2.26. The van der Waals surface area contributed by atoms with Crippen molar-refractivity contribution in [2.45, 2.75) is 19.9 Å². The highest BCUT2D eigenvalue weighted by atomic mass is 32.1. The van der Waals surface area contributed by atoms with Crippen LogP contribution in [-0.2, 0) is 17.8 Å². The lowest BCUT2D eigenvalue weighted by atomic mass is 10.1. The Morgan fingerprint density at radius 1 is 1.03 bits per heavy atom. The summed E-state index contributed by atoms with van der Waals surface area (Å²) in [6.07, 6.45) is 0.817. The summed E-state index contributed by atoms with van der Waals surface area (Å²) in [6, 6.07) is 24.5. The number of carbonyl (C=O) groups excluding carboxylic acids is 1. The van der Waals surface area contributed by atoms with E-state index in [0.29, 0.717) is 6.54 Å². The molecule has 1 amide bonds. The maximum atomic E-state index is 12.7. The summed E-state index contributed by atoms with van der Waals surface area (Å²) in [4.78, 5) is 19.4. The summed E-state index contributed by atoms with van der Waals surface area (Å²) in [7, 11) is 0. The lowest BCUT2D eigenvalue weighted by Gasteiger charge is -2.30. The Hall–Kier alpha value is -3.44. The molecule has 0 bridgehead atoms. The van der Waals surface area contributed by atoms with Crippen molar-refractivity contribution in [2.24, 2.45) is 0 Å². The fourth-order valence-corrected chi connectivity index (χ4v) is 4.63. The number of aromatic nitrogens is 1. The molecule has 31 heavy (non-hydrogen) atoms. The van der Waals surface area contributed by atoms with Gasteiger partial charge in [0.25, 0.3) is 5.91 Å². The van der Waals surface area contributed by atoms with Gasteiger partial charge in [0.15, 0.2) is 6.61 Å². The lowest BCUT2D eigenvalue weighted by Crippen LogP contribution is -2.38. The number of amides is 1. The molecule has 0 saturated carbocycles. The standard InChI is InChI=1S/C26H22N2O2S/c1-18-7-5-6-10-21(18)15-28-23-14-20(11-12-24(23)30-16-26(28)29)22-17-31-25(27-22)13-19-8-3-2-4-9-19/h2-12,14,17H,13,15-16H2,1H3. The van der Waals surface area contributed by atoms with E-state index in [1.165, 1.54) is 11.1 Å². The Bertz CT molecular complexity index is 1230. The van der Waals surface area contributed by atoms with Crippen molar-refractivity contribution in [2.75, 3.05) is 11.5 Å². The van der Waals surface area contributed by atoms with Gasteiger partial charge in [-0.3, -0.25) is 4.79 Å². The molecule has 0 fully saturated rings. The molecule has 5 rings (SSSR count). The Morgan fingerprint density at radius 3 is 2.68 bits per heavy atom. The fraction of sp³-hybridized carbons (Fsp3) is 0.154. The van der Waals surface area contributed by atoms with Crippen molar-refractivity contribution in [1.29, 1.82) is 0 Å². The third kappa shape index (κ3) is 4.09. The largest absolute Gasteiger partial charge is 0.482 e. The van der Waals surface area contributed by atoms with E-state index in [1.54, 1.807) is 11.3 Å². The van der Waals surface area contributed by atoms with Gasteiger partial charge in [0.05, 0.1) is 22.9 Å². The number of thiazole rings is 1. The summed E-state index contributed by atoms with van der Waals surface area (Å²) < 4.78 is 5.70. The van der Waals surface area contributed by atoms with E-state index in [2.05, 4.69) is 36.6 Å². The van der Waals surface area contributed by atoms with Crippen LogP contribution in [0.1, 0.15) is 21.7 Å². The highest BCUT2D eigenvalue weighted by molar-refractivity contribution is 7.10. The van der Waals surface area contributed by atoms with Crippen LogP contribution in [0.2, 0.25) is 0 Å². The van der Waals surface area contributed by atoms with Gasteiger partial charge in [0.1, 0.15) is 5.75 Å². The van der Waals surface area contributed by atoms with Gasteiger partial charge in [-0.25, -0.2) is 4.98 Å². The molecule has 0 spiro atoms. The molecule has 3 aromatic carbocycles. The normalized spacial score (nSPS) is 13.1. The minimum absolute atomic E-state index is 0.0315. The molecule has 0 unspecified atom stereocenters. The predicted octanol–water partition coefficient (Wildman–Crippen LogP) is 5.63. The van der Waals surface area contributed by atoms with E-state index in [-0.39, 0.29) is 12.5 Å². The Balaban J connectivity index is 1.45. The average Bonchev–Trinajstić information content (AvgIpc) is 3.26. The number of fused-ring (bicyclic) bond motifs is 1. The van der Waals surface area contributed by atoms with Crippen molar-refractivity contribution in [1.82, 2.24) is 4.98 Å². The maximum Gasteiger partial charge on any atom is 0.265 e. The van der Waals surface area contributed by atoms with Crippen molar-refractivity contribution in [3.63, 3.8) is 0 Å². The zero-order valence-corrected chi connectivity index (χ0v) is 18.1. The molecule has 0 aliphatic carbocycles. The Kier molecular flexibility index (Phi) is 5.26. The van der Waals surface area contributed by atoms with Gasteiger partial charge in [-0.05, 0) is 41.8 Å². The molecule has 0 N–H and O–H groups in total. The second-order valence-corrected chi connectivity index (χ2v) is 8.61. The van der Waals surface area contributed by atoms with Crippen LogP contribution in [0.5, 0.6) is 5.75 Å². The van der Waals surface area contributed by atoms with Crippen LogP contribution in [0, 0.1) is 6.92 Å². The predicted molar refractivity (Wildman–Crippen MR) is 125 cm³/mol. The summed E-state index contributed by atoms with van der Waals surface area (Å²) >= 11 is 1.66. The molecule has 4 nitrogen and oxygen atoms in total. The van der Waals surface area contributed by atoms with Crippen molar-refractivity contribution < 1.29 is 9.53 Å². The van der Waals surface area contributed by atoms with Gasteiger partial charge in [-0.15, -0.1) is 11.3 Å². The summed E-state index contributed by atoms with van der Waals surface area (Å²) in [6.45, 7) is 2.67. The van der Waals surface area contributed by atoms with Gasteiger partial charge in [-0.2, -0.15) is 0 Å². The zero-order chi connectivity index (χ0) is 21.2. The first kappa shape index (κ1) is 19.5. The van der Waals surface area contributed by atoms with Crippen LogP contribution in [-0.4, -0.2) is 17.5 Å². The Morgan fingerprint density at radius 2 is 1.84 bits per heavy atom. The van der Waals surface area contributed by atoms with Gasteiger partial charge < -0.3 is 9.64 Å². The first-order valence-electron chi connectivity index (χ1n) is 10.3. The minimum Gasteiger partial charge on any atom is -0.482 e. The van der Waals surface area contributed by atoms with Gasteiger partial charge in [0, 0.05) is 17.4 Å². The number of ether oxygens (including phenoxy) is 1. The van der Waals surface area contributed by atoms with E-state index in [4.69, 9.17) is 9.72 Å². The van der Waals surface area contributed by atoms with Crippen LogP contribution >= 0.6 is 11.3 Å². The molecule has 1 aliphatic rings. The fourth-order valence-electron chi connectivity index (χ4n) is 3.79. The summed E-state index contributed by atoms with van der Waals surface area (Å²) in [5.74, 6) is 0.702.